The van der Waals surface area contributed by atoms with E-state index in [0.29, 0.717) is 5.69 Å². The molecule has 0 N–H and O–H groups in total. The fraction of sp³-hybridized carbons (Fsp3) is 0.182. The van der Waals surface area contributed by atoms with Crippen molar-refractivity contribution in [2.75, 3.05) is 20.5 Å². The van der Waals surface area contributed by atoms with Crippen molar-refractivity contribution in [1.82, 2.24) is 4.57 Å². The molecule has 2 aromatic carbocycles. The first-order valence-corrected chi connectivity index (χ1v) is 8.99. The highest BCUT2D eigenvalue weighted by Crippen LogP contribution is 2.31. The zero-order valence-electron chi connectivity index (χ0n) is 16.3. The second-order valence-corrected chi connectivity index (χ2v) is 6.16. The first kappa shape index (κ1) is 21.0. The fourth-order valence-corrected chi connectivity index (χ4v) is 2.91. The van der Waals surface area contributed by atoms with Gasteiger partial charge < -0.3 is 18.8 Å². The molecule has 0 fully saturated rings. The van der Waals surface area contributed by atoms with Gasteiger partial charge in [-0.2, -0.15) is 5.26 Å². The Morgan fingerprint density at radius 1 is 1.17 bits per heavy atom. The highest BCUT2D eigenvalue weighted by atomic mass is 19.2. The van der Waals surface area contributed by atoms with Gasteiger partial charge in [0.1, 0.15) is 17.4 Å². The third-order valence-corrected chi connectivity index (χ3v) is 4.28. The minimum absolute atomic E-state index is 0.0238. The summed E-state index contributed by atoms with van der Waals surface area (Å²) in [5, 5.41) is 9.46. The van der Waals surface area contributed by atoms with Crippen LogP contribution in [0.2, 0.25) is 0 Å². The Morgan fingerprint density at radius 3 is 2.67 bits per heavy atom. The van der Waals surface area contributed by atoms with E-state index in [-0.39, 0.29) is 41.4 Å². The molecule has 0 unspecified atom stereocenters. The monoisotopic (exact) mass is 412 g/mol. The van der Waals surface area contributed by atoms with Crippen molar-refractivity contribution >= 4 is 5.97 Å². The molecule has 8 heteroatoms. The van der Waals surface area contributed by atoms with E-state index in [1.54, 1.807) is 23.6 Å². The zero-order valence-corrected chi connectivity index (χ0v) is 16.3. The van der Waals surface area contributed by atoms with Crippen LogP contribution in [0.1, 0.15) is 22.8 Å². The number of hydrogen-bond donors (Lipinski definition) is 0. The molecule has 0 radical (unpaired) electrons. The summed E-state index contributed by atoms with van der Waals surface area (Å²) in [4.78, 5) is 12.2. The van der Waals surface area contributed by atoms with Crippen LogP contribution in [0.3, 0.4) is 0 Å². The van der Waals surface area contributed by atoms with Crippen LogP contribution in [0.4, 0.5) is 8.78 Å². The highest BCUT2D eigenvalue weighted by Gasteiger charge is 2.18. The number of rotatable bonds is 7. The number of nitrogens with zero attached hydrogens (tertiary/aromatic N) is 2. The molecular weight excluding hydrogens is 394 g/mol. The Bertz CT molecular complexity index is 1120. The normalized spacial score (nSPS) is 10.5. The number of benzene rings is 2. The maximum absolute atomic E-state index is 14.3. The lowest BCUT2D eigenvalue weighted by molar-refractivity contribution is 0.0438. The van der Waals surface area contributed by atoms with Gasteiger partial charge in [-0.15, -0.1) is 0 Å². The van der Waals surface area contributed by atoms with E-state index in [0.717, 1.165) is 6.07 Å². The summed E-state index contributed by atoms with van der Waals surface area (Å²) in [5.74, 6) is -2.37. The quantitative estimate of drug-likeness (QED) is 0.423. The van der Waals surface area contributed by atoms with Crippen LogP contribution in [-0.4, -0.2) is 31.0 Å². The lowest BCUT2D eigenvalue weighted by Gasteiger charge is -2.12. The van der Waals surface area contributed by atoms with Gasteiger partial charge in [0, 0.05) is 42.4 Å². The molecule has 6 nitrogen and oxygen atoms in total. The van der Waals surface area contributed by atoms with Crippen LogP contribution in [0.5, 0.6) is 5.75 Å². The molecule has 0 saturated heterocycles. The Hall–Kier alpha value is -3.70. The molecule has 1 heterocycles. The van der Waals surface area contributed by atoms with Crippen molar-refractivity contribution in [2.24, 2.45) is 0 Å². The molecule has 0 amide bonds. The van der Waals surface area contributed by atoms with Crippen LogP contribution in [0.15, 0.2) is 48.8 Å². The Balaban J connectivity index is 2.07. The molecule has 0 atom stereocenters. The Morgan fingerprint density at radius 2 is 1.97 bits per heavy atom. The van der Waals surface area contributed by atoms with Gasteiger partial charge in [0.05, 0.1) is 12.2 Å². The molecule has 3 aromatic rings. The molecule has 0 aliphatic carbocycles. The minimum atomic E-state index is -1.03. The molecule has 0 aliphatic rings. The summed E-state index contributed by atoms with van der Waals surface area (Å²) >= 11 is 0. The molecule has 1 aromatic heterocycles. The first-order chi connectivity index (χ1) is 14.5. The number of nitriles is 1. The largest absolute Gasteiger partial charge is 0.467 e. The van der Waals surface area contributed by atoms with Crippen molar-refractivity contribution in [1.29, 1.82) is 5.26 Å². The number of aromatic nitrogens is 1. The minimum Gasteiger partial charge on any atom is -0.467 e. The molecule has 154 valence electrons. The number of carbonyl (C=O) groups is 1. The fourth-order valence-electron chi connectivity index (χ4n) is 2.91. The van der Waals surface area contributed by atoms with Crippen molar-refractivity contribution in [3.63, 3.8) is 0 Å². The van der Waals surface area contributed by atoms with Gasteiger partial charge in [0.25, 0.3) is 0 Å². The average molecular weight is 412 g/mol. The highest BCUT2D eigenvalue weighted by molar-refractivity contribution is 5.93. The smallest absolute Gasteiger partial charge is 0.341 e. The Kier molecular flexibility index (Phi) is 6.45. The zero-order chi connectivity index (χ0) is 21.7. The van der Waals surface area contributed by atoms with Crippen LogP contribution in [0.25, 0.3) is 16.8 Å². The first-order valence-electron chi connectivity index (χ1n) is 8.99. The van der Waals surface area contributed by atoms with Crippen LogP contribution in [0, 0.1) is 23.0 Å². The summed E-state index contributed by atoms with van der Waals surface area (Å²) in [5.41, 5.74) is 1.12. The van der Waals surface area contributed by atoms with E-state index in [9.17, 15) is 18.8 Å². The number of halogens is 2. The standard InChI is InChI=1S/C22H18F2N2O4/c1-3-29-22(27)17-8-7-15(9-20(17)30-13-28-2)26-11-14(10-25)18(12-26)16-5-4-6-19(23)21(16)24/h4-9,11-12H,3,13H2,1-2H3. The van der Waals surface area contributed by atoms with Crippen molar-refractivity contribution in [2.45, 2.75) is 6.92 Å². The molecule has 0 saturated carbocycles. The van der Waals surface area contributed by atoms with Gasteiger partial charge in [-0.05, 0) is 25.1 Å². The number of hydrogen-bond acceptors (Lipinski definition) is 5. The predicted octanol–water partition coefficient (Wildman–Crippen LogP) is 4.45. The summed E-state index contributed by atoms with van der Waals surface area (Å²) in [6.45, 7) is 1.80. The van der Waals surface area contributed by atoms with Gasteiger partial charge in [0.2, 0.25) is 0 Å². The van der Waals surface area contributed by atoms with E-state index in [1.807, 2.05) is 6.07 Å². The maximum Gasteiger partial charge on any atom is 0.341 e. The molecule has 3 rings (SSSR count). The molecular formula is C22H18F2N2O4. The van der Waals surface area contributed by atoms with Gasteiger partial charge in [-0.25, -0.2) is 13.6 Å². The number of ether oxygens (including phenoxy) is 3. The third-order valence-electron chi connectivity index (χ3n) is 4.28. The van der Waals surface area contributed by atoms with Gasteiger partial charge in [-0.1, -0.05) is 12.1 Å². The van der Waals surface area contributed by atoms with Gasteiger partial charge >= 0.3 is 5.97 Å². The SMILES string of the molecule is CCOC(=O)c1ccc(-n2cc(C#N)c(-c3cccc(F)c3F)c2)cc1OCOC. The lowest BCUT2D eigenvalue weighted by atomic mass is 10.0. The second-order valence-electron chi connectivity index (χ2n) is 6.16. The summed E-state index contributed by atoms with van der Waals surface area (Å²) in [6.07, 6.45) is 3.00. The summed E-state index contributed by atoms with van der Waals surface area (Å²) < 4.78 is 44.9. The molecule has 0 aliphatic heterocycles. The number of carbonyl (C=O) groups excluding carboxylic acids is 1. The van der Waals surface area contributed by atoms with Crippen molar-refractivity contribution in [3.05, 3.63) is 71.6 Å². The van der Waals surface area contributed by atoms with Crippen molar-refractivity contribution < 1.29 is 27.8 Å². The topological polar surface area (TPSA) is 73.5 Å². The average Bonchev–Trinajstić information content (AvgIpc) is 3.18. The van der Waals surface area contributed by atoms with Crippen molar-refractivity contribution in [3.8, 4) is 28.6 Å². The van der Waals surface area contributed by atoms with Gasteiger partial charge in [0.15, 0.2) is 18.4 Å². The Labute approximate surface area is 171 Å². The summed E-state index contributed by atoms with van der Waals surface area (Å²) in [6, 6.07) is 10.5. The number of esters is 1. The molecule has 30 heavy (non-hydrogen) atoms. The predicted molar refractivity (Wildman–Crippen MR) is 104 cm³/mol. The van der Waals surface area contributed by atoms with E-state index >= 15 is 0 Å². The molecule has 0 spiro atoms. The van der Waals surface area contributed by atoms with Crippen LogP contribution >= 0.6 is 0 Å². The van der Waals surface area contributed by atoms with E-state index in [1.165, 1.54) is 37.7 Å². The summed E-state index contributed by atoms with van der Waals surface area (Å²) in [7, 11) is 1.44. The second kappa shape index (κ2) is 9.20. The van der Waals surface area contributed by atoms with Crippen LogP contribution in [-0.2, 0) is 9.47 Å². The van der Waals surface area contributed by atoms with E-state index in [2.05, 4.69) is 0 Å². The van der Waals surface area contributed by atoms with Gasteiger partial charge in [-0.3, -0.25) is 0 Å². The maximum atomic E-state index is 14.3. The van der Waals surface area contributed by atoms with E-state index in [4.69, 9.17) is 14.2 Å². The molecule has 0 bridgehead atoms. The third kappa shape index (κ3) is 4.16. The number of methoxy groups -OCH3 is 1. The lowest BCUT2D eigenvalue weighted by Crippen LogP contribution is -2.10. The van der Waals surface area contributed by atoms with E-state index < -0.39 is 17.6 Å². The van der Waals surface area contributed by atoms with Crippen LogP contribution < -0.4 is 4.74 Å².